The number of rotatable bonds is 7. The van der Waals surface area contributed by atoms with E-state index in [1.165, 1.54) is 0 Å². The molecule has 0 aliphatic rings. The molecular weight excluding hydrogens is 417 g/mol. The first-order chi connectivity index (χ1) is 14.5. The van der Waals surface area contributed by atoms with E-state index >= 15 is 0 Å². The van der Waals surface area contributed by atoms with Crippen LogP contribution in [-0.4, -0.2) is 6.61 Å². The monoisotopic (exact) mass is 437 g/mol. The Kier molecular flexibility index (Phi) is 7.41. The number of nitrogens with zero attached hydrogens (tertiary/aromatic N) is 1. The van der Waals surface area contributed by atoms with E-state index < -0.39 is 0 Å². The molecule has 3 aromatic rings. The van der Waals surface area contributed by atoms with Crippen LogP contribution in [0.3, 0.4) is 0 Å². The molecule has 0 heterocycles. The number of nitriles is 1. The van der Waals surface area contributed by atoms with Crippen molar-refractivity contribution in [2.45, 2.75) is 20.5 Å². The van der Waals surface area contributed by atoms with Gasteiger partial charge in [0.05, 0.1) is 23.3 Å². The van der Waals surface area contributed by atoms with Crippen LogP contribution in [0.25, 0.3) is 11.6 Å². The smallest absolute Gasteiger partial charge is 0.180 e. The minimum absolute atomic E-state index is 0.332. The van der Waals surface area contributed by atoms with Crippen molar-refractivity contribution >= 4 is 34.9 Å². The van der Waals surface area contributed by atoms with E-state index in [1.807, 2.05) is 68.4 Å². The van der Waals surface area contributed by atoms with E-state index in [9.17, 15) is 5.26 Å². The Labute approximate surface area is 187 Å². The van der Waals surface area contributed by atoms with Gasteiger partial charge in [-0.15, -0.1) is 0 Å². The molecule has 0 bridgehead atoms. The Morgan fingerprint density at radius 1 is 1.00 bits per heavy atom. The Hall–Kier alpha value is -2.93. The van der Waals surface area contributed by atoms with Crippen molar-refractivity contribution in [1.82, 2.24) is 0 Å². The van der Waals surface area contributed by atoms with E-state index in [-0.39, 0.29) is 0 Å². The lowest BCUT2D eigenvalue weighted by Gasteiger charge is -2.15. The first kappa shape index (κ1) is 21.8. The Morgan fingerprint density at radius 3 is 2.33 bits per heavy atom. The summed E-state index contributed by atoms with van der Waals surface area (Å²) in [6.45, 7) is 4.70. The number of halogens is 2. The van der Waals surface area contributed by atoms with Gasteiger partial charge in [0, 0.05) is 5.02 Å². The van der Waals surface area contributed by atoms with Gasteiger partial charge in [-0.3, -0.25) is 0 Å². The number of hydrogen-bond acceptors (Lipinski definition) is 3. The molecule has 3 nitrogen and oxygen atoms in total. The number of allylic oxidation sites excluding steroid dienone is 1. The zero-order valence-electron chi connectivity index (χ0n) is 16.8. The second-order valence-corrected chi connectivity index (χ2v) is 7.56. The molecule has 0 aliphatic carbocycles. The lowest BCUT2D eigenvalue weighted by atomic mass is 10.0. The molecule has 0 atom stereocenters. The van der Waals surface area contributed by atoms with Crippen LogP contribution in [-0.2, 0) is 6.61 Å². The van der Waals surface area contributed by atoms with E-state index in [0.29, 0.717) is 40.3 Å². The molecule has 0 unspecified atom stereocenters. The van der Waals surface area contributed by atoms with Gasteiger partial charge in [0.1, 0.15) is 6.61 Å². The van der Waals surface area contributed by atoms with Gasteiger partial charge in [-0.2, -0.15) is 5.26 Å². The maximum Gasteiger partial charge on any atom is 0.180 e. The lowest BCUT2D eigenvalue weighted by Crippen LogP contribution is -2.01. The predicted octanol–water partition coefficient (Wildman–Crippen LogP) is 7.34. The molecular formula is C25H21Cl2NO2. The molecule has 0 amide bonds. The minimum Gasteiger partial charge on any atom is -0.490 e. The van der Waals surface area contributed by atoms with Crippen LogP contribution in [0.15, 0.2) is 60.7 Å². The highest BCUT2D eigenvalue weighted by molar-refractivity contribution is 6.32. The highest BCUT2D eigenvalue weighted by Crippen LogP contribution is 2.38. The molecule has 3 rings (SSSR count). The Morgan fingerprint density at radius 2 is 1.70 bits per heavy atom. The fraction of sp³-hybridized carbons (Fsp3) is 0.160. The van der Waals surface area contributed by atoms with Crippen molar-refractivity contribution in [3.8, 4) is 17.6 Å². The largest absolute Gasteiger partial charge is 0.490 e. The van der Waals surface area contributed by atoms with E-state index in [2.05, 4.69) is 6.07 Å². The average molecular weight is 438 g/mol. The molecule has 0 N–H and O–H groups in total. The van der Waals surface area contributed by atoms with Crippen LogP contribution in [0.1, 0.15) is 29.2 Å². The first-order valence-electron chi connectivity index (χ1n) is 9.52. The highest BCUT2D eigenvalue weighted by atomic mass is 35.5. The molecule has 3 aromatic carbocycles. The third-order valence-electron chi connectivity index (χ3n) is 4.42. The third-order valence-corrected chi connectivity index (χ3v) is 4.95. The third kappa shape index (κ3) is 5.57. The van der Waals surface area contributed by atoms with Crippen molar-refractivity contribution in [3.63, 3.8) is 0 Å². The maximum absolute atomic E-state index is 9.62. The quantitative estimate of drug-likeness (QED) is 0.286. The summed E-state index contributed by atoms with van der Waals surface area (Å²) in [7, 11) is 0. The van der Waals surface area contributed by atoms with Gasteiger partial charge < -0.3 is 9.47 Å². The van der Waals surface area contributed by atoms with E-state index in [1.54, 1.807) is 12.1 Å². The van der Waals surface area contributed by atoms with Crippen molar-refractivity contribution < 1.29 is 9.47 Å². The SMILES string of the molecule is CCOc1cc(/C=C(\C#N)c2ccc(C)cc2)cc(Cl)c1OCc1ccc(Cl)cc1. The fourth-order valence-electron chi connectivity index (χ4n) is 2.89. The van der Waals surface area contributed by atoms with Gasteiger partial charge in [-0.25, -0.2) is 0 Å². The number of hydrogen-bond donors (Lipinski definition) is 0. The summed E-state index contributed by atoms with van der Waals surface area (Å²) in [5.74, 6) is 1.01. The van der Waals surface area contributed by atoms with Crippen LogP contribution in [0, 0.1) is 18.3 Å². The normalized spacial score (nSPS) is 11.1. The van der Waals surface area contributed by atoms with Crippen molar-refractivity contribution in [2.24, 2.45) is 0 Å². The minimum atomic E-state index is 0.332. The molecule has 0 saturated carbocycles. The van der Waals surface area contributed by atoms with Crippen LogP contribution < -0.4 is 9.47 Å². The van der Waals surface area contributed by atoms with Crippen molar-refractivity contribution in [2.75, 3.05) is 6.61 Å². The van der Waals surface area contributed by atoms with E-state index in [4.69, 9.17) is 32.7 Å². The molecule has 0 radical (unpaired) electrons. The van der Waals surface area contributed by atoms with Crippen LogP contribution in [0.4, 0.5) is 0 Å². The van der Waals surface area contributed by atoms with Crippen molar-refractivity contribution in [3.05, 3.63) is 93.0 Å². The molecule has 30 heavy (non-hydrogen) atoms. The average Bonchev–Trinajstić information content (AvgIpc) is 2.73. The first-order valence-corrected chi connectivity index (χ1v) is 10.3. The Balaban J connectivity index is 1.90. The van der Waals surface area contributed by atoms with Crippen LogP contribution in [0.2, 0.25) is 10.0 Å². The van der Waals surface area contributed by atoms with Crippen molar-refractivity contribution in [1.29, 1.82) is 5.26 Å². The number of aryl methyl sites for hydroxylation is 1. The second kappa shape index (κ2) is 10.2. The molecule has 0 saturated heterocycles. The van der Waals surface area contributed by atoms with Gasteiger partial charge in [0.15, 0.2) is 11.5 Å². The zero-order chi connectivity index (χ0) is 21.5. The van der Waals surface area contributed by atoms with Gasteiger partial charge in [-0.05, 0) is 60.9 Å². The summed E-state index contributed by atoms with van der Waals surface area (Å²) in [6, 6.07) is 21.1. The van der Waals surface area contributed by atoms with E-state index in [0.717, 1.165) is 22.3 Å². The molecule has 0 aromatic heterocycles. The summed E-state index contributed by atoms with van der Waals surface area (Å²) in [6.07, 6.45) is 1.79. The van der Waals surface area contributed by atoms with Gasteiger partial charge in [0.2, 0.25) is 0 Å². The van der Waals surface area contributed by atoms with Crippen LogP contribution in [0.5, 0.6) is 11.5 Å². The fourth-order valence-corrected chi connectivity index (χ4v) is 3.29. The van der Waals surface area contributed by atoms with Crippen LogP contribution >= 0.6 is 23.2 Å². The summed E-state index contributed by atoms with van der Waals surface area (Å²) in [4.78, 5) is 0. The maximum atomic E-state index is 9.62. The topological polar surface area (TPSA) is 42.2 Å². The number of ether oxygens (including phenoxy) is 2. The van der Waals surface area contributed by atoms with Gasteiger partial charge in [0.25, 0.3) is 0 Å². The second-order valence-electron chi connectivity index (χ2n) is 6.71. The van der Waals surface area contributed by atoms with Gasteiger partial charge >= 0.3 is 0 Å². The molecule has 0 aliphatic heterocycles. The number of benzene rings is 3. The zero-order valence-corrected chi connectivity index (χ0v) is 18.3. The predicted molar refractivity (Wildman–Crippen MR) is 123 cm³/mol. The summed E-state index contributed by atoms with van der Waals surface area (Å²) in [5, 5.41) is 10.7. The molecule has 0 spiro atoms. The molecule has 5 heteroatoms. The summed E-state index contributed by atoms with van der Waals surface area (Å²) >= 11 is 12.4. The molecule has 0 fully saturated rings. The highest BCUT2D eigenvalue weighted by Gasteiger charge is 2.13. The Bertz CT molecular complexity index is 1080. The molecule has 152 valence electrons. The summed E-state index contributed by atoms with van der Waals surface area (Å²) in [5.41, 5.74) is 4.26. The lowest BCUT2D eigenvalue weighted by molar-refractivity contribution is 0.269. The van der Waals surface area contributed by atoms with Gasteiger partial charge in [-0.1, -0.05) is 65.2 Å². The standard InChI is InChI=1S/C25H21Cl2NO2/c1-3-29-24-14-19(12-21(15-28)20-8-4-17(2)5-9-20)13-23(27)25(24)30-16-18-6-10-22(26)11-7-18/h4-14H,3,16H2,1-2H3/b21-12+. The summed E-state index contributed by atoms with van der Waals surface area (Å²) < 4.78 is 11.7.